The third kappa shape index (κ3) is 6.62. The van der Waals surface area contributed by atoms with Crippen molar-refractivity contribution < 1.29 is 36.2 Å². The van der Waals surface area contributed by atoms with E-state index in [0.29, 0.717) is 12.8 Å². The summed E-state index contributed by atoms with van der Waals surface area (Å²) < 4.78 is 65.0. The van der Waals surface area contributed by atoms with E-state index in [1.807, 2.05) is 6.92 Å². The van der Waals surface area contributed by atoms with Crippen LogP contribution in [0.5, 0.6) is 0 Å². The number of hydrogen-bond acceptors (Lipinski definition) is 5. The molecule has 0 saturated heterocycles. The number of carbonyl (C=O) groups excluding carboxylic acids is 1. The van der Waals surface area contributed by atoms with Gasteiger partial charge in [-0.2, -0.15) is 13.2 Å². The van der Waals surface area contributed by atoms with Gasteiger partial charge in [0.15, 0.2) is 6.10 Å². The van der Waals surface area contributed by atoms with Gasteiger partial charge in [-0.05, 0) is 13.3 Å². The fourth-order valence-electron chi connectivity index (χ4n) is 1.55. The van der Waals surface area contributed by atoms with Gasteiger partial charge in [-0.25, -0.2) is 17.9 Å². The Hall–Kier alpha value is -0.870. The minimum absolute atomic E-state index is 0.0798. The lowest BCUT2D eigenvalue weighted by atomic mass is 10.0. The highest BCUT2D eigenvalue weighted by atomic mass is 32.2. The third-order valence-corrected chi connectivity index (χ3v) is 3.86. The van der Waals surface area contributed by atoms with Crippen LogP contribution in [0.15, 0.2) is 0 Å². The van der Waals surface area contributed by atoms with E-state index in [2.05, 4.69) is 4.74 Å². The molecule has 0 radical (unpaired) electrons. The number of esters is 1. The molecule has 21 heavy (non-hydrogen) atoms. The summed E-state index contributed by atoms with van der Waals surface area (Å²) >= 11 is 0. The third-order valence-electron chi connectivity index (χ3n) is 2.64. The van der Waals surface area contributed by atoms with Crippen LogP contribution >= 0.6 is 0 Å². The van der Waals surface area contributed by atoms with Crippen LogP contribution in [0, 0.1) is 0 Å². The molecule has 2 atom stereocenters. The second-order valence-electron chi connectivity index (χ2n) is 4.37. The van der Waals surface area contributed by atoms with Crippen molar-refractivity contribution in [1.29, 1.82) is 0 Å². The summed E-state index contributed by atoms with van der Waals surface area (Å²) in [5, 5.41) is 9.67. The predicted octanol–water partition coefficient (Wildman–Crippen LogP) is 1.30. The van der Waals surface area contributed by atoms with Gasteiger partial charge < -0.3 is 9.84 Å². The van der Waals surface area contributed by atoms with Gasteiger partial charge in [0.2, 0.25) is 0 Å². The summed E-state index contributed by atoms with van der Waals surface area (Å²) in [5.41, 5.74) is -5.51. The predicted molar refractivity (Wildman–Crippen MR) is 68.7 cm³/mol. The van der Waals surface area contributed by atoms with Crippen molar-refractivity contribution in [2.45, 2.75) is 57.2 Å². The number of sulfonamides is 1. The van der Waals surface area contributed by atoms with Crippen LogP contribution in [0.4, 0.5) is 13.2 Å². The maximum absolute atomic E-state index is 12.3. The van der Waals surface area contributed by atoms with E-state index in [-0.39, 0.29) is 13.0 Å². The van der Waals surface area contributed by atoms with Gasteiger partial charge in [-0.1, -0.05) is 26.2 Å². The van der Waals surface area contributed by atoms with Crippen molar-refractivity contribution in [1.82, 2.24) is 4.72 Å². The largest absolute Gasteiger partial charge is 0.511 e. The highest BCUT2D eigenvalue weighted by Gasteiger charge is 2.48. The number of aliphatic hydroxyl groups excluding tert-OH is 1. The molecule has 0 saturated carbocycles. The van der Waals surface area contributed by atoms with Crippen molar-refractivity contribution in [2.75, 3.05) is 6.61 Å². The number of unbranched alkanes of at least 4 members (excludes halogenated alkanes) is 2. The summed E-state index contributed by atoms with van der Waals surface area (Å²) in [4.78, 5) is 11.4. The summed E-state index contributed by atoms with van der Waals surface area (Å²) in [6.45, 7) is 3.22. The monoisotopic (exact) mass is 335 g/mol. The lowest BCUT2D eigenvalue weighted by Crippen LogP contribution is -2.50. The molecule has 0 unspecified atom stereocenters. The van der Waals surface area contributed by atoms with E-state index in [1.54, 1.807) is 0 Å². The molecule has 6 nitrogen and oxygen atoms in total. The molecule has 0 spiro atoms. The number of ether oxygens (including phenoxy) is 1. The number of alkyl halides is 3. The van der Waals surface area contributed by atoms with Crippen molar-refractivity contribution in [3.63, 3.8) is 0 Å². The molecule has 0 amide bonds. The van der Waals surface area contributed by atoms with Crippen LogP contribution in [0.2, 0.25) is 0 Å². The highest BCUT2D eigenvalue weighted by molar-refractivity contribution is 7.90. The summed E-state index contributed by atoms with van der Waals surface area (Å²) in [6.07, 6.45) is -0.367. The Labute approximate surface area is 121 Å². The van der Waals surface area contributed by atoms with Crippen LogP contribution in [-0.4, -0.2) is 43.8 Å². The molecular formula is C11H20F3NO5S. The first kappa shape index (κ1) is 20.1. The molecule has 0 rings (SSSR count). The second kappa shape index (κ2) is 8.54. The van der Waals surface area contributed by atoms with Crippen molar-refractivity contribution in [2.24, 2.45) is 0 Å². The minimum atomic E-state index is -5.65. The molecule has 0 aliphatic carbocycles. The fraction of sp³-hybridized carbons (Fsp3) is 0.909. The number of carbonyl (C=O) groups is 1. The van der Waals surface area contributed by atoms with Crippen LogP contribution < -0.4 is 4.72 Å². The molecule has 0 aromatic rings. The molecule has 0 fully saturated rings. The molecule has 0 bridgehead atoms. The average Bonchev–Trinajstić information content (AvgIpc) is 2.35. The Balaban J connectivity index is 5.02. The lowest BCUT2D eigenvalue weighted by Gasteiger charge is -2.23. The van der Waals surface area contributed by atoms with Crippen LogP contribution in [0.25, 0.3) is 0 Å². The van der Waals surface area contributed by atoms with E-state index in [0.717, 1.165) is 6.42 Å². The maximum Gasteiger partial charge on any atom is 0.511 e. The van der Waals surface area contributed by atoms with Gasteiger partial charge in [-0.3, -0.25) is 0 Å². The molecule has 0 heterocycles. The molecule has 0 aromatic heterocycles. The van der Waals surface area contributed by atoms with E-state index in [9.17, 15) is 31.5 Å². The highest BCUT2D eigenvalue weighted by Crippen LogP contribution is 2.23. The van der Waals surface area contributed by atoms with Gasteiger partial charge in [0, 0.05) is 0 Å². The molecule has 126 valence electrons. The summed E-state index contributed by atoms with van der Waals surface area (Å²) in [5.74, 6) is -1.16. The molecular weight excluding hydrogens is 315 g/mol. The van der Waals surface area contributed by atoms with E-state index in [1.165, 1.54) is 11.6 Å². The Kier molecular flexibility index (Phi) is 8.19. The normalized spacial score (nSPS) is 15.5. The van der Waals surface area contributed by atoms with E-state index >= 15 is 0 Å². The Bertz CT molecular complexity index is 424. The Morgan fingerprint density at radius 1 is 1.29 bits per heavy atom. The zero-order valence-electron chi connectivity index (χ0n) is 11.8. The maximum atomic E-state index is 12.3. The minimum Gasteiger partial charge on any atom is -0.464 e. The zero-order valence-corrected chi connectivity index (χ0v) is 12.6. The number of halogens is 3. The standard InChI is InChI=1S/C11H20F3NO5S/c1-3-5-6-7-8(9(16)10(17)20-4-2)15-21(18,19)11(12,13)14/h8-9,15-16H,3-7H2,1-2H3/t8-,9-/m0/s1. The average molecular weight is 335 g/mol. The van der Waals surface area contributed by atoms with Crippen molar-refractivity contribution >= 4 is 16.0 Å². The van der Waals surface area contributed by atoms with Crippen molar-refractivity contribution in [3.8, 4) is 0 Å². The van der Waals surface area contributed by atoms with Crippen LogP contribution in [0.3, 0.4) is 0 Å². The number of hydrogen-bond donors (Lipinski definition) is 2. The summed E-state index contributed by atoms with van der Waals surface area (Å²) in [6, 6.07) is -1.58. The number of rotatable bonds is 9. The Morgan fingerprint density at radius 3 is 2.29 bits per heavy atom. The molecule has 0 aliphatic heterocycles. The first-order valence-electron chi connectivity index (χ1n) is 6.50. The number of nitrogens with one attached hydrogen (secondary N) is 1. The molecule has 0 aromatic carbocycles. The SMILES string of the molecule is CCCCC[C@H](NS(=O)(=O)C(F)(F)F)[C@H](O)C(=O)OCC. The molecule has 10 heteroatoms. The first-order chi connectivity index (χ1) is 9.56. The van der Waals surface area contributed by atoms with Crippen molar-refractivity contribution in [3.05, 3.63) is 0 Å². The number of aliphatic hydroxyl groups is 1. The second-order valence-corrected chi connectivity index (χ2v) is 6.07. The topological polar surface area (TPSA) is 92.7 Å². The van der Waals surface area contributed by atoms with Gasteiger partial charge in [0.05, 0.1) is 12.6 Å². The summed E-state index contributed by atoms with van der Waals surface area (Å²) in [7, 11) is -5.65. The van der Waals surface area contributed by atoms with E-state index in [4.69, 9.17) is 0 Å². The first-order valence-corrected chi connectivity index (χ1v) is 7.98. The molecule has 2 N–H and O–H groups in total. The Morgan fingerprint density at radius 2 is 1.86 bits per heavy atom. The lowest BCUT2D eigenvalue weighted by molar-refractivity contribution is -0.154. The van der Waals surface area contributed by atoms with Gasteiger partial charge in [0.1, 0.15) is 0 Å². The van der Waals surface area contributed by atoms with E-state index < -0.39 is 33.6 Å². The fourth-order valence-corrected chi connectivity index (χ4v) is 2.33. The van der Waals surface area contributed by atoms with Crippen LogP contribution in [-0.2, 0) is 19.6 Å². The zero-order chi connectivity index (χ0) is 16.7. The smallest absolute Gasteiger partial charge is 0.464 e. The van der Waals surface area contributed by atoms with Crippen LogP contribution in [0.1, 0.15) is 39.5 Å². The molecule has 0 aliphatic rings. The van der Waals surface area contributed by atoms with Gasteiger partial charge in [-0.15, -0.1) is 0 Å². The van der Waals surface area contributed by atoms with Gasteiger partial charge >= 0.3 is 21.5 Å². The quantitative estimate of drug-likeness (QED) is 0.489. The van der Waals surface area contributed by atoms with Gasteiger partial charge in [0.25, 0.3) is 0 Å².